The molecule has 0 saturated carbocycles. The van der Waals surface area contributed by atoms with E-state index in [4.69, 9.17) is 9.97 Å². The third-order valence-electron chi connectivity index (χ3n) is 7.57. The fraction of sp³-hybridized carbons (Fsp3) is 0. The Labute approximate surface area is 364 Å². The monoisotopic (exact) mass is 1100 g/mol. The molecule has 0 atom stereocenters. The third kappa shape index (κ3) is 20.2. The van der Waals surface area contributed by atoms with Gasteiger partial charge in [0.2, 0.25) is 0 Å². The zero-order chi connectivity index (χ0) is 45.2. The molecule has 0 fully saturated rings. The molecule has 21 heteroatoms. The molecular formula is C42H30F12N6OsP2. The van der Waals surface area contributed by atoms with E-state index in [1.165, 1.54) is 0 Å². The number of pyridine rings is 6. The molecule has 0 aliphatic heterocycles. The average molecular weight is 1100 g/mol. The first kappa shape index (κ1) is 49.6. The van der Waals surface area contributed by atoms with E-state index >= 15 is 0 Å². The molecule has 0 spiro atoms. The summed E-state index contributed by atoms with van der Waals surface area (Å²) in [6.07, 6.45) is 7.14. The number of nitrogens with zero attached hydrogens (tertiary/aromatic N) is 6. The standard InChI is InChI=1S/2C21H15N3.2F6P.Os/c2*1-2-8-16(9-3-1)17-14-20(18-10-4-6-12-22-18)24-21(15-17)19-11-5-7-13-23-19;2*1-7(2,3,4,5)6;/h2*1-15H;;;/q;;2*-1;+2. The predicted octanol–water partition coefficient (Wildman–Crippen LogP) is 16.5. The zero-order valence-electron chi connectivity index (χ0n) is 31.8. The van der Waals surface area contributed by atoms with E-state index in [1.807, 2.05) is 109 Å². The maximum absolute atomic E-state index is 10.7. The van der Waals surface area contributed by atoms with Crippen LogP contribution in [0.4, 0.5) is 50.4 Å². The summed E-state index contributed by atoms with van der Waals surface area (Å²) in [6, 6.07) is 52.3. The van der Waals surface area contributed by atoms with Crippen LogP contribution in [0, 0.1) is 0 Å². The molecule has 0 N–H and O–H groups in total. The van der Waals surface area contributed by atoms with Gasteiger partial charge < -0.3 is 0 Å². The van der Waals surface area contributed by atoms with Crippen LogP contribution >= 0.6 is 15.6 Å². The molecule has 0 amide bonds. The molecule has 6 aromatic heterocycles. The van der Waals surface area contributed by atoms with E-state index < -0.39 is 15.6 Å². The van der Waals surface area contributed by atoms with Gasteiger partial charge in [-0.3, -0.25) is 19.9 Å². The summed E-state index contributed by atoms with van der Waals surface area (Å²) in [5.74, 6) is 0. The summed E-state index contributed by atoms with van der Waals surface area (Å²) in [7, 11) is -21.3. The summed E-state index contributed by atoms with van der Waals surface area (Å²) in [5, 5.41) is 0. The molecule has 8 aromatic rings. The van der Waals surface area contributed by atoms with Crippen molar-refractivity contribution in [2.75, 3.05) is 0 Å². The van der Waals surface area contributed by atoms with Crippen LogP contribution in [0.3, 0.4) is 0 Å². The van der Waals surface area contributed by atoms with Crippen molar-refractivity contribution >= 4 is 15.6 Å². The molecule has 6 heterocycles. The summed E-state index contributed by atoms with van der Waals surface area (Å²) in [6.45, 7) is 0. The first-order valence-corrected chi connectivity index (χ1v) is 21.7. The van der Waals surface area contributed by atoms with Gasteiger partial charge in [-0.2, -0.15) is 0 Å². The van der Waals surface area contributed by atoms with Gasteiger partial charge in [0.1, 0.15) is 0 Å². The van der Waals surface area contributed by atoms with E-state index in [1.54, 1.807) is 24.8 Å². The number of benzene rings is 2. The van der Waals surface area contributed by atoms with Crippen LogP contribution in [-0.4, -0.2) is 29.9 Å². The van der Waals surface area contributed by atoms with Crippen LogP contribution in [0.1, 0.15) is 0 Å². The van der Waals surface area contributed by atoms with Crippen LogP contribution in [0.25, 0.3) is 67.8 Å². The number of rotatable bonds is 6. The van der Waals surface area contributed by atoms with Crippen molar-refractivity contribution in [3.05, 3.63) is 183 Å². The van der Waals surface area contributed by atoms with Crippen LogP contribution in [0.2, 0.25) is 0 Å². The molecule has 0 aliphatic rings. The summed E-state index contributed by atoms with van der Waals surface area (Å²) in [5.41, 5.74) is 11.3. The van der Waals surface area contributed by atoms with E-state index in [0.29, 0.717) is 0 Å². The van der Waals surface area contributed by atoms with Crippen molar-refractivity contribution in [1.29, 1.82) is 0 Å². The summed E-state index contributed by atoms with van der Waals surface area (Å²) in [4.78, 5) is 27.3. The zero-order valence-corrected chi connectivity index (χ0v) is 36.1. The van der Waals surface area contributed by atoms with Gasteiger partial charge in [-0.25, -0.2) is 9.97 Å². The number of aromatic nitrogens is 6. The Hall–Kier alpha value is -6.00. The molecule has 2 aromatic carbocycles. The molecule has 330 valence electrons. The summed E-state index contributed by atoms with van der Waals surface area (Å²) >= 11 is 0. The SMILES string of the molecule is F[P-](F)(F)(F)(F)F.F[P-](F)(F)(F)(F)F.[Os+2].c1ccc(-c2cc(-c3ccccn3)nc(-c3ccccn3)c2)cc1.c1ccc(-c2cc(-c3ccccn3)nc(-c3ccccn3)c2)cc1. The van der Waals surface area contributed by atoms with Gasteiger partial charge in [-0.1, -0.05) is 84.9 Å². The van der Waals surface area contributed by atoms with Crippen molar-refractivity contribution in [3.63, 3.8) is 0 Å². The second-order valence-corrected chi connectivity index (χ2v) is 16.6. The van der Waals surface area contributed by atoms with Gasteiger partial charge in [0, 0.05) is 24.8 Å². The Morgan fingerprint density at radius 2 is 0.460 bits per heavy atom. The minimum Gasteiger partial charge on any atom is -0.255 e. The van der Waals surface area contributed by atoms with Gasteiger partial charge in [0.25, 0.3) is 0 Å². The Morgan fingerprint density at radius 1 is 0.254 bits per heavy atom. The predicted molar refractivity (Wildman–Crippen MR) is 219 cm³/mol. The Balaban J connectivity index is 0.000000211. The quantitative estimate of drug-likeness (QED) is 0.122. The minimum atomic E-state index is -10.7. The second-order valence-electron chi connectivity index (χ2n) is 12.8. The second kappa shape index (κ2) is 18.4. The number of hydrogen-bond acceptors (Lipinski definition) is 6. The maximum Gasteiger partial charge on any atom is 2.00 e. The topological polar surface area (TPSA) is 77.3 Å². The van der Waals surface area contributed by atoms with Gasteiger partial charge in [0.05, 0.1) is 45.6 Å². The van der Waals surface area contributed by atoms with E-state index in [2.05, 4.69) is 68.5 Å². The van der Waals surface area contributed by atoms with Crippen molar-refractivity contribution in [1.82, 2.24) is 29.9 Å². The molecule has 6 nitrogen and oxygen atoms in total. The Morgan fingerprint density at radius 3 is 0.651 bits per heavy atom. The van der Waals surface area contributed by atoms with E-state index in [0.717, 1.165) is 67.8 Å². The normalized spacial score (nSPS) is 13.1. The molecule has 8 rings (SSSR count). The van der Waals surface area contributed by atoms with Crippen molar-refractivity contribution in [3.8, 4) is 67.8 Å². The summed E-state index contributed by atoms with van der Waals surface area (Å²) < 4.78 is 118. The average Bonchev–Trinajstić information content (AvgIpc) is 3.23. The molecule has 0 bridgehead atoms. The number of halogens is 12. The smallest absolute Gasteiger partial charge is 0.255 e. The largest absolute Gasteiger partial charge is 2.00 e. The van der Waals surface area contributed by atoms with Gasteiger partial charge in [-0.05, 0) is 95.1 Å². The Bertz CT molecular complexity index is 2210. The fourth-order valence-corrected chi connectivity index (χ4v) is 5.24. The van der Waals surface area contributed by atoms with Crippen LogP contribution in [0.15, 0.2) is 183 Å². The molecule has 0 unspecified atom stereocenters. The van der Waals surface area contributed by atoms with Gasteiger partial charge >= 0.3 is 85.8 Å². The van der Waals surface area contributed by atoms with Crippen molar-refractivity contribution in [2.45, 2.75) is 0 Å². The van der Waals surface area contributed by atoms with Crippen LogP contribution < -0.4 is 0 Å². The number of hydrogen-bond donors (Lipinski definition) is 0. The third-order valence-corrected chi connectivity index (χ3v) is 7.57. The van der Waals surface area contributed by atoms with E-state index in [-0.39, 0.29) is 19.8 Å². The molecule has 0 radical (unpaired) electrons. The molecule has 63 heavy (non-hydrogen) atoms. The molecular weight excluding hydrogens is 1070 g/mol. The first-order valence-electron chi connectivity index (χ1n) is 17.6. The van der Waals surface area contributed by atoms with Crippen LogP contribution in [0.5, 0.6) is 0 Å². The maximum atomic E-state index is 9.87. The van der Waals surface area contributed by atoms with Crippen LogP contribution in [-0.2, 0) is 19.8 Å². The minimum absolute atomic E-state index is 0. The van der Waals surface area contributed by atoms with E-state index in [9.17, 15) is 50.4 Å². The van der Waals surface area contributed by atoms with Crippen molar-refractivity contribution < 1.29 is 70.2 Å². The fourth-order valence-electron chi connectivity index (χ4n) is 5.24. The molecule has 0 saturated heterocycles. The first-order chi connectivity index (χ1) is 28.7. The molecule has 0 aliphatic carbocycles. The van der Waals surface area contributed by atoms with Crippen molar-refractivity contribution in [2.24, 2.45) is 0 Å². The Kier molecular flexibility index (Phi) is 14.5. The van der Waals surface area contributed by atoms with Gasteiger partial charge in [-0.15, -0.1) is 0 Å². The van der Waals surface area contributed by atoms with Gasteiger partial charge in [0.15, 0.2) is 0 Å².